The molecule has 0 unspecified atom stereocenters. The van der Waals surface area contributed by atoms with Crippen LogP contribution in [0.4, 0.5) is 0 Å². The zero-order valence-corrected chi connectivity index (χ0v) is 8.80. The summed E-state index contributed by atoms with van der Waals surface area (Å²) < 4.78 is 0. The molecule has 0 saturated carbocycles. The standard InChI is InChI=1S/C12H19N/c1-5-7-8-12(6-2)10-13-9-11(3)4/h1,6-8,11,13H,9-10H2,2-4H3/b8-7-,12-6+. The van der Waals surface area contributed by atoms with Gasteiger partial charge < -0.3 is 5.32 Å². The largest absolute Gasteiger partial charge is 0.312 e. The zero-order valence-electron chi connectivity index (χ0n) is 8.80. The Hall–Kier alpha value is -1.00. The lowest BCUT2D eigenvalue weighted by molar-refractivity contribution is 0.573. The maximum Gasteiger partial charge on any atom is 0.0202 e. The van der Waals surface area contributed by atoms with Gasteiger partial charge in [0.05, 0.1) is 0 Å². The lowest BCUT2D eigenvalue weighted by Gasteiger charge is -2.07. The first-order chi connectivity index (χ1) is 6.20. The highest BCUT2D eigenvalue weighted by Crippen LogP contribution is 1.95. The van der Waals surface area contributed by atoms with Crippen molar-refractivity contribution in [3.8, 4) is 12.3 Å². The molecule has 0 aliphatic carbocycles. The molecule has 0 aliphatic heterocycles. The van der Waals surface area contributed by atoms with E-state index in [2.05, 4.69) is 31.2 Å². The van der Waals surface area contributed by atoms with Crippen molar-refractivity contribution < 1.29 is 0 Å². The van der Waals surface area contributed by atoms with Crippen LogP contribution in [0.1, 0.15) is 20.8 Å². The van der Waals surface area contributed by atoms with E-state index < -0.39 is 0 Å². The molecular weight excluding hydrogens is 158 g/mol. The number of hydrogen-bond donors (Lipinski definition) is 1. The summed E-state index contributed by atoms with van der Waals surface area (Å²) in [5.74, 6) is 3.17. The summed E-state index contributed by atoms with van der Waals surface area (Å²) in [6.07, 6.45) is 10.9. The topological polar surface area (TPSA) is 12.0 Å². The molecule has 13 heavy (non-hydrogen) atoms. The molecule has 0 radical (unpaired) electrons. The molecule has 0 aliphatic rings. The van der Waals surface area contributed by atoms with Crippen LogP contribution in [-0.4, -0.2) is 13.1 Å². The molecular formula is C12H19N. The normalized spacial score (nSPS) is 12.4. The molecule has 0 heterocycles. The fraction of sp³-hybridized carbons (Fsp3) is 0.500. The van der Waals surface area contributed by atoms with Crippen LogP contribution in [0.3, 0.4) is 0 Å². The molecule has 0 rings (SSSR count). The van der Waals surface area contributed by atoms with Crippen LogP contribution in [0, 0.1) is 18.3 Å². The third kappa shape index (κ3) is 7.36. The predicted molar refractivity (Wildman–Crippen MR) is 59.4 cm³/mol. The average molecular weight is 177 g/mol. The summed E-state index contributed by atoms with van der Waals surface area (Å²) in [4.78, 5) is 0. The Morgan fingerprint density at radius 1 is 1.54 bits per heavy atom. The van der Waals surface area contributed by atoms with Gasteiger partial charge in [-0.1, -0.05) is 25.8 Å². The van der Waals surface area contributed by atoms with Crippen LogP contribution in [0.15, 0.2) is 23.8 Å². The number of allylic oxidation sites excluding steroid dienone is 2. The Labute approximate surface area is 81.9 Å². The highest BCUT2D eigenvalue weighted by Gasteiger charge is 1.93. The summed E-state index contributed by atoms with van der Waals surface area (Å²) in [6, 6.07) is 0. The number of hydrogen-bond acceptors (Lipinski definition) is 1. The van der Waals surface area contributed by atoms with Gasteiger partial charge in [-0.3, -0.25) is 0 Å². The van der Waals surface area contributed by atoms with Gasteiger partial charge in [0, 0.05) is 6.54 Å². The Morgan fingerprint density at radius 2 is 2.23 bits per heavy atom. The van der Waals surface area contributed by atoms with E-state index in [9.17, 15) is 0 Å². The van der Waals surface area contributed by atoms with Gasteiger partial charge in [0.2, 0.25) is 0 Å². The Bertz CT molecular complexity index is 216. The maximum absolute atomic E-state index is 5.12. The smallest absolute Gasteiger partial charge is 0.0202 e. The second kappa shape index (κ2) is 7.64. The van der Waals surface area contributed by atoms with Gasteiger partial charge in [-0.15, -0.1) is 6.42 Å². The molecule has 0 aromatic rings. The third-order valence-electron chi connectivity index (χ3n) is 1.65. The average Bonchev–Trinajstić information content (AvgIpc) is 2.10. The zero-order chi connectivity index (χ0) is 10.1. The van der Waals surface area contributed by atoms with E-state index in [0.29, 0.717) is 5.92 Å². The molecule has 0 bridgehead atoms. The minimum atomic E-state index is 0.690. The van der Waals surface area contributed by atoms with Crippen molar-refractivity contribution in [2.45, 2.75) is 20.8 Å². The minimum absolute atomic E-state index is 0.690. The fourth-order valence-electron chi connectivity index (χ4n) is 0.918. The van der Waals surface area contributed by atoms with Crippen molar-refractivity contribution in [2.75, 3.05) is 13.1 Å². The van der Waals surface area contributed by atoms with Gasteiger partial charge in [0.25, 0.3) is 0 Å². The van der Waals surface area contributed by atoms with Crippen LogP contribution in [-0.2, 0) is 0 Å². The van der Waals surface area contributed by atoms with Crippen LogP contribution >= 0.6 is 0 Å². The second-order valence-electron chi connectivity index (χ2n) is 3.39. The molecule has 0 spiro atoms. The fourth-order valence-corrected chi connectivity index (χ4v) is 0.918. The van der Waals surface area contributed by atoms with E-state index in [4.69, 9.17) is 6.42 Å². The van der Waals surface area contributed by atoms with E-state index >= 15 is 0 Å². The number of nitrogens with one attached hydrogen (secondary N) is 1. The lowest BCUT2D eigenvalue weighted by Crippen LogP contribution is -2.21. The summed E-state index contributed by atoms with van der Waals surface area (Å²) in [5.41, 5.74) is 1.23. The highest BCUT2D eigenvalue weighted by atomic mass is 14.8. The van der Waals surface area contributed by atoms with Crippen LogP contribution in [0.2, 0.25) is 0 Å². The van der Waals surface area contributed by atoms with Gasteiger partial charge in [0.15, 0.2) is 0 Å². The number of rotatable bonds is 5. The van der Waals surface area contributed by atoms with Crippen LogP contribution in [0.5, 0.6) is 0 Å². The van der Waals surface area contributed by atoms with Gasteiger partial charge in [0.1, 0.15) is 0 Å². The molecule has 1 heteroatoms. The summed E-state index contributed by atoms with van der Waals surface area (Å²) in [6.45, 7) is 8.35. The number of terminal acetylenes is 1. The Morgan fingerprint density at radius 3 is 2.69 bits per heavy atom. The van der Waals surface area contributed by atoms with E-state index in [1.807, 2.05) is 13.0 Å². The van der Waals surface area contributed by atoms with Crippen LogP contribution < -0.4 is 5.32 Å². The monoisotopic (exact) mass is 177 g/mol. The second-order valence-corrected chi connectivity index (χ2v) is 3.39. The van der Waals surface area contributed by atoms with Gasteiger partial charge in [-0.05, 0) is 37.1 Å². The molecule has 0 atom stereocenters. The molecule has 72 valence electrons. The Kier molecular flexibility index (Phi) is 7.05. The minimum Gasteiger partial charge on any atom is -0.312 e. The van der Waals surface area contributed by atoms with E-state index in [-0.39, 0.29) is 0 Å². The predicted octanol–water partition coefficient (Wildman–Crippen LogP) is 2.37. The van der Waals surface area contributed by atoms with Crippen molar-refractivity contribution in [2.24, 2.45) is 5.92 Å². The van der Waals surface area contributed by atoms with Crippen LogP contribution in [0.25, 0.3) is 0 Å². The first-order valence-corrected chi connectivity index (χ1v) is 4.69. The van der Waals surface area contributed by atoms with E-state index in [1.54, 1.807) is 6.08 Å². The molecule has 0 amide bonds. The van der Waals surface area contributed by atoms with Crippen molar-refractivity contribution >= 4 is 0 Å². The van der Waals surface area contributed by atoms with Crippen molar-refractivity contribution in [3.63, 3.8) is 0 Å². The van der Waals surface area contributed by atoms with Gasteiger partial charge >= 0.3 is 0 Å². The molecule has 0 aromatic carbocycles. The van der Waals surface area contributed by atoms with Crippen molar-refractivity contribution in [1.82, 2.24) is 5.32 Å². The van der Waals surface area contributed by atoms with E-state index in [1.165, 1.54) is 5.57 Å². The molecule has 1 nitrogen and oxygen atoms in total. The molecule has 0 saturated heterocycles. The summed E-state index contributed by atoms with van der Waals surface area (Å²) in [5, 5.41) is 3.36. The molecule has 0 fully saturated rings. The third-order valence-corrected chi connectivity index (χ3v) is 1.65. The molecule has 1 N–H and O–H groups in total. The van der Waals surface area contributed by atoms with E-state index in [0.717, 1.165) is 13.1 Å². The first-order valence-electron chi connectivity index (χ1n) is 4.69. The maximum atomic E-state index is 5.12. The first kappa shape index (κ1) is 12.0. The SMILES string of the molecule is C#C/C=C\C(=C/C)CNCC(C)C. The highest BCUT2D eigenvalue weighted by molar-refractivity contribution is 5.25. The van der Waals surface area contributed by atoms with Crippen molar-refractivity contribution in [1.29, 1.82) is 0 Å². The van der Waals surface area contributed by atoms with Gasteiger partial charge in [-0.25, -0.2) is 0 Å². The van der Waals surface area contributed by atoms with Gasteiger partial charge in [-0.2, -0.15) is 0 Å². The summed E-state index contributed by atoms with van der Waals surface area (Å²) in [7, 11) is 0. The Balaban J connectivity index is 3.76. The quantitative estimate of drug-likeness (QED) is 0.502. The summed E-state index contributed by atoms with van der Waals surface area (Å²) >= 11 is 0. The molecule has 0 aromatic heterocycles. The lowest BCUT2D eigenvalue weighted by atomic mass is 10.2. The van der Waals surface area contributed by atoms with Crippen molar-refractivity contribution in [3.05, 3.63) is 23.8 Å².